The van der Waals surface area contributed by atoms with Crippen LogP contribution in [0.15, 0.2) is 71.2 Å². The minimum absolute atomic E-state index is 0.160. The number of fused-ring (bicyclic) bond motifs is 1. The van der Waals surface area contributed by atoms with Crippen molar-refractivity contribution in [2.75, 3.05) is 26.2 Å². The average molecular weight is 520 g/mol. The minimum Gasteiger partial charge on any atom is -0.497 e. The van der Waals surface area contributed by atoms with Gasteiger partial charge in [0.25, 0.3) is 5.91 Å². The maximum atomic E-state index is 13.7. The van der Waals surface area contributed by atoms with Crippen molar-refractivity contribution in [2.45, 2.75) is 6.04 Å². The smallest absolute Gasteiger partial charge is 0.277 e. The second-order valence-corrected chi connectivity index (χ2v) is 8.67. The highest BCUT2D eigenvalue weighted by Crippen LogP contribution is 2.48. The summed E-state index contributed by atoms with van der Waals surface area (Å²) < 4.78 is 17.4. The average Bonchev–Trinajstić information content (AvgIpc) is 3.43. The van der Waals surface area contributed by atoms with Crippen LogP contribution in [-0.4, -0.2) is 37.4 Å². The molecule has 0 bridgehead atoms. The summed E-state index contributed by atoms with van der Waals surface area (Å²) in [6, 6.07) is 20.5. The van der Waals surface area contributed by atoms with Crippen LogP contribution in [0.25, 0.3) is 11.3 Å². The number of H-pyrrole nitrogens is 1. The standard InChI is InChI=1S/C26H22BrN3O4/c1-32-18-10-4-15(5-11-18)23-22-24(29-28-23)26(31)30(17-8-6-16(27)7-9-17)25(22)20-13-12-19(33-2)14-21(20)34-3/h4-14,25H,1-3H3,(H,28,29)/t25-/m0/s1. The van der Waals surface area contributed by atoms with E-state index in [1.807, 2.05) is 66.7 Å². The lowest BCUT2D eigenvalue weighted by atomic mass is 9.95. The van der Waals surface area contributed by atoms with Crippen molar-refractivity contribution in [1.29, 1.82) is 0 Å². The van der Waals surface area contributed by atoms with Crippen LogP contribution in [0.2, 0.25) is 0 Å². The Kier molecular flexibility index (Phi) is 5.75. The van der Waals surface area contributed by atoms with Gasteiger partial charge in [-0.25, -0.2) is 0 Å². The Hall–Kier alpha value is -3.78. The van der Waals surface area contributed by atoms with Gasteiger partial charge in [0.15, 0.2) is 0 Å². The van der Waals surface area contributed by atoms with Crippen molar-refractivity contribution in [2.24, 2.45) is 0 Å². The van der Waals surface area contributed by atoms with Crippen molar-refractivity contribution in [3.8, 4) is 28.5 Å². The molecule has 0 fully saturated rings. The summed E-state index contributed by atoms with van der Waals surface area (Å²) in [7, 11) is 4.85. The van der Waals surface area contributed by atoms with E-state index in [1.54, 1.807) is 26.2 Å². The number of carbonyl (C=O) groups is 1. The molecular formula is C26H22BrN3O4. The second kappa shape index (κ2) is 8.87. The summed E-state index contributed by atoms with van der Waals surface area (Å²) in [5.41, 5.74) is 4.42. The number of methoxy groups -OCH3 is 3. The number of benzene rings is 3. The zero-order valence-corrected chi connectivity index (χ0v) is 20.4. The third-order valence-corrected chi connectivity index (χ3v) is 6.50. The maximum absolute atomic E-state index is 13.7. The zero-order chi connectivity index (χ0) is 23.8. The summed E-state index contributed by atoms with van der Waals surface area (Å²) in [5, 5.41) is 7.52. The zero-order valence-electron chi connectivity index (χ0n) is 18.8. The fraction of sp³-hybridized carbons (Fsp3) is 0.154. The Morgan fingerprint density at radius 2 is 1.56 bits per heavy atom. The molecule has 8 heteroatoms. The summed E-state index contributed by atoms with van der Waals surface area (Å²) in [4.78, 5) is 15.5. The number of rotatable bonds is 6. The number of hydrogen-bond acceptors (Lipinski definition) is 5. The molecule has 0 spiro atoms. The van der Waals surface area contributed by atoms with Gasteiger partial charge in [-0.1, -0.05) is 15.9 Å². The number of aromatic nitrogens is 2. The molecular weight excluding hydrogens is 498 g/mol. The number of amides is 1. The predicted molar refractivity (Wildman–Crippen MR) is 133 cm³/mol. The van der Waals surface area contributed by atoms with Gasteiger partial charge in [-0.3, -0.25) is 14.8 Å². The molecule has 0 saturated carbocycles. The molecule has 2 heterocycles. The van der Waals surface area contributed by atoms with Crippen LogP contribution in [0.4, 0.5) is 5.69 Å². The number of carbonyl (C=O) groups excluding carboxylic acids is 1. The summed E-state index contributed by atoms with van der Waals surface area (Å²) >= 11 is 3.48. The van der Waals surface area contributed by atoms with Crippen molar-refractivity contribution in [3.63, 3.8) is 0 Å². The number of nitrogens with zero attached hydrogens (tertiary/aromatic N) is 2. The second-order valence-electron chi connectivity index (χ2n) is 7.75. The summed E-state index contributed by atoms with van der Waals surface area (Å²) in [6.45, 7) is 0. The molecule has 1 aliphatic rings. The van der Waals surface area contributed by atoms with Gasteiger partial charge in [-0.15, -0.1) is 0 Å². The van der Waals surface area contributed by atoms with Crippen LogP contribution in [0.3, 0.4) is 0 Å². The van der Waals surface area contributed by atoms with Crippen LogP contribution < -0.4 is 19.1 Å². The van der Waals surface area contributed by atoms with Gasteiger partial charge in [0.2, 0.25) is 0 Å². The molecule has 0 aliphatic carbocycles. The van der Waals surface area contributed by atoms with E-state index < -0.39 is 6.04 Å². The van der Waals surface area contributed by atoms with Crippen LogP contribution in [0.1, 0.15) is 27.7 Å². The van der Waals surface area contributed by atoms with Crippen LogP contribution in [0.5, 0.6) is 17.2 Å². The van der Waals surface area contributed by atoms with Gasteiger partial charge in [-0.2, -0.15) is 5.10 Å². The quantitative estimate of drug-likeness (QED) is 0.358. The lowest BCUT2D eigenvalue weighted by molar-refractivity contribution is 0.0988. The number of anilines is 1. The molecule has 1 amide bonds. The SMILES string of the molecule is COc1ccc(-c2n[nH]c3c2[C@H](c2ccc(OC)cc2OC)N(c2ccc(Br)cc2)C3=O)cc1. The third kappa shape index (κ3) is 3.60. The van der Waals surface area contributed by atoms with E-state index in [0.717, 1.165) is 32.6 Å². The highest BCUT2D eigenvalue weighted by Gasteiger charge is 2.44. The van der Waals surface area contributed by atoms with Crippen LogP contribution in [0, 0.1) is 0 Å². The van der Waals surface area contributed by atoms with Crippen LogP contribution >= 0.6 is 15.9 Å². The molecule has 172 valence electrons. The Morgan fingerprint density at radius 3 is 2.21 bits per heavy atom. The molecule has 1 aromatic heterocycles. The van der Waals surface area contributed by atoms with Gasteiger partial charge in [0.05, 0.1) is 33.1 Å². The van der Waals surface area contributed by atoms with Crippen LogP contribution in [-0.2, 0) is 0 Å². The van der Waals surface area contributed by atoms with Gasteiger partial charge in [0.1, 0.15) is 22.9 Å². The molecule has 1 aliphatic heterocycles. The first-order chi connectivity index (χ1) is 16.5. The number of hydrogen-bond donors (Lipinski definition) is 1. The van der Waals surface area contributed by atoms with E-state index in [1.165, 1.54) is 0 Å². The minimum atomic E-state index is -0.458. The predicted octanol–water partition coefficient (Wildman–Crippen LogP) is 5.61. The fourth-order valence-corrected chi connectivity index (χ4v) is 4.59. The molecule has 5 rings (SSSR count). The van der Waals surface area contributed by atoms with E-state index in [0.29, 0.717) is 22.9 Å². The van der Waals surface area contributed by atoms with Gasteiger partial charge < -0.3 is 14.2 Å². The molecule has 0 saturated heterocycles. The molecule has 7 nitrogen and oxygen atoms in total. The first kappa shape index (κ1) is 22.0. The number of ether oxygens (including phenoxy) is 3. The van der Waals surface area contributed by atoms with Crippen molar-refractivity contribution in [3.05, 3.63) is 88.0 Å². The van der Waals surface area contributed by atoms with E-state index in [-0.39, 0.29) is 5.91 Å². The Balaban J connectivity index is 1.73. The fourth-order valence-electron chi connectivity index (χ4n) is 4.32. The normalized spacial score (nSPS) is 14.8. The van der Waals surface area contributed by atoms with E-state index in [9.17, 15) is 4.79 Å². The van der Waals surface area contributed by atoms with Gasteiger partial charge in [0, 0.05) is 32.9 Å². The Labute approximate surface area is 205 Å². The summed E-state index contributed by atoms with van der Waals surface area (Å²) in [6.07, 6.45) is 0. The lowest BCUT2D eigenvalue weighted by Crippen LogP contribution is -2.29. The molecule has 0 unspecified atom stereocenters. The lowest BCUT2D eigenvalue weighted by Gasteiger charge is -2.28. The van der Waals surface area contributed by atoms with Gasteiger partial charge >= 0.3 is 0 Å². The molecule has 3 aromatic carbocycles. The van der Waals surface area contributed by atoms with E-state index >= 15 is 0 Å². The molecule has 34 heavy (non-hydrogen) atoms. The molecule has 4 aromatic rings. The highest BCUT2D eigenvalue weighted by molar-refractivity contribution is 9.10. The third-order valence-electron chi connectivity index (χ3n) is 5.97. The number of aromatic amines is 1. The molecule has 1 N–H and O–H groups in total. The first-order valence-electron chi connectivity index (χ1n) is 10.6. The number of nitrogens with one attached hydrogen (secondary N) is 1. The van der Waals surface area contributed by atoms with Gasteiger partial charge in [-0.05, 0) is 60.7 Å². The largest absolute Gasteiger partial charge is 0.497 e. The van der Waals surface area contributed by atoms with Crippen molar-refractivity contribution in [1.82, 2.24) is 10.2 Å². The van der Waals surface area contributed by atoms with E-state index in [2.05, 4.69) is 26.1 Å². The number of halogens is 1. The highest BCUT2D eigenvalue weighted by atomic mass is 79.9. The Bertz CT molecular complexity index is 1350. The molecule has 1 atom stereocenters. The monoisotopic (exact) mass is 519 g/mol. The topological polar surface area (TPSA) is 76.7 Å². The Morgan fingerprint density at radius 1 is 0.882 bits per heavy atom. The molecule has 0 radical (unpaired) electrons. The van der Waals surface area contributed by atoms with E-state index in [4.69, 9.17) is 14.2 Å². The first-order valence-corrected chi connectivity index (χ1v) is 11.4. The maximum Gasteiger partial charge on any atom is 0.277 e. The van der Waals surface area contributed by atoms with Crippen molar-refractivity contribution < 1.29 is 19.0 Å². The van der Waals surface area contributed by atoms with Crippen molar-refractivity contribution >= 4 is 27.5 Å². The summed E-state index contributed by atoms with van der Waals surface area (Å²) in [5.74, 6) is 1.88.